The fourth-order valence-electron chi connectivity index (χ4n) is 7.67. The molecule has 0 aliphatic carbocycles. The van der Waals surface area contributed by atoms with Gasteiger partial charge < -0.3 is 20.5 Å². The Morgan fingerprint density at radius 2 is 1.09 bits per heavy atom. The molecule has 0 radical (unpaired) electrons. The fourth-order valence-corrected chi connectivity index (χ4v) is 12.3. The topological polar surface area (TPSA) is 156 Å². The van der Waals surface area contributed by atoms with Gasteiger partial charge in [0.25, 0.3) is 0 Å². The van der Waals surface area contributed by atoms with Crippen molar-refractivity contribution in [2.45, 2.75) is 72.5 Å². The number of ether oxygens (including phenoxy) is 1. The number of thiazole rings is 2. The number of carbonyl (C=O) groups is 1. The van der Waals surface area contributed by atoms with E-state index in [0.29, 0.717) is 73.4 Å². The average molecular weight is 1100 g/mol. The largest absolute Gasteiger partial charge is 0.507 e. The summed E-state index contributed by atoms with van der Waals surface area (Å²) in [6.45, 7) is 7.99. The smallest absolute Gasteiger partial charge is 0.417 e. The summed E-state index contributed by atoms with van der Waals surface area (Å²) in [5.41, 5.74) is -0.908. The van der Waals surface area contributed by atoms with E-state index in [-0.39, 0.29) is 49.8 Å². The lowest BCUT2D eigenvalue weighted by atomic mass is 10.0. The number of aliphatic hydroxyl groups excluding tert-OH is 1. The van der Waals surface area contributed by atoms with E-state index >= 15 is 0 Å². The van der Waals surface area contributed by atoms with Gasteiger partial charge in [-0.25, -0.2) is 33.1 Å². The Balaban J connectivity index is 1.21. The molecule has 11 nitrogen and oxygen atoms in total. The molecule has 388 valence electrons. The molecule has 8 aromatic rings. The number of rotatable bonds is 17. The van der Waals surface area contributed by atoms with E-state index in [9.17, 15) is 44.7 Å². The number of halogens is 6. The third-order valence-electron chi connectivity index (χ3n) is 11.2. The van der Waals surface area contributed by atoms with Gasteiger partial charge in [0.05, 0.1) is 61.7 Å². The van der Waals surface area contributed by atoms with Crippen LogP contribution < -0.4 is 10.6 Å². The number of aliphatic hydroxyl groups is 1. The van der Waals surface area contributed by atoms with E-state index < -0.39 is 62.4 Å². The summed E-state index contributed by atoms with van der Waals surface area (Å²) in [5, 5.41) is 18.5. The van der Waals surface area contributed by atoms with E-state index in [1.807, 2.05) is 58.0 Å². The van der Waals surface area contributed by atoms with E-state index in [2.05, 4.69) is 20.6 Å². The van der Waals surface area contributed by atoms with Gasteiger partial charge in [0.2, 0.25) is 0 Å². The Morgan fingerprint density at radius 1 is 0.640 bits per heavy atom. The maximum absolute atomic E-state index is 14.5. The van der Waals surface area contributed by atoms with E-state index in [1.165, 1.54) is 17.4 Å². The predicted octanol–water partition coefficient (Wildman–Crippen LogP) is 14.8. The Hall–Kier alpha value is -7.07. The first kappa shape index (κ1) is 54.2. The van der Waals surface area contributed by atoms with Gasteiger partial charge in [0.1, 0.15) is 23.0 Å². The van der Waals surface area contributed by atoms with Crippen molar-refractivity contribution < 1.29 is 49.4 Å². The van der Waals surface area contributed by atoms with Crippen LogP contribution in [0.3, 0.4) is 0 Å². The summed E-state index contributed by atoms with van der Waals surface area (Å²) < 4.78 is 117. The number of alkyl halides is 6. The maximum atomic E-state index is 14.5. The molecule has 75 heavy (non-hydrogen) atoms. The molecule has 0 spiro atoms. The first-order valence-corrected chi connectivity index (χ1v) is 27.0. The first-order valence-electron chi connectivity index (χ1n) is 23.0. The first-order chi connectivity index (χ1) is 35.7. The molecular weight excluding hydrogens is 1050 g/mol. The number of nitrogens with zero attached hydrogens (tertiary/aromatic N) is 4. The molecule has 0 saturated carbocycles. The summed E-state index contributed by atoms with van der Waals surface area (Å²) in [6, 6.07) is 30.7. The van der Waals surface area contributed by atoms with E-state index in [0.717, 1.165) is 29.4 Å². The fraction of sp³-hybridized carbons (Fsp3) is 0.204. The molecular formula is C54H46F6N6O5S4. The minimum absolute atomic E-state index is 0.0622. The van der Waals surface area contributed by atoms with Gasteiger partial charge in [-0.3, -0.25) is 0 Å². The standard InChI is InChI=1S/C54H46F6N6O5S4/c1-30(2)22-43-46(32-16-19-39(20-17-32)74(69)37-12-8-6-9-13-37)63-51(72-43)65-48-40(26-35(28-61-48)53(55,56)57)42(67)25-34-24-33(18-21-45(34)75(70)38-14-10-7-11-15-38)47-44(23-31(3)4)73-52(64-47)66-49-41(50(68)71-5)27-36(29-62-49)54(58,59)60/h6-21,24-31,67H,22-23H2,1-5H3,(H,61,63,65)(H,62,64,66)/b42-25+. The molecule has 4 heterocycles. The average Bonchev–Trinajstić information content (AvgIpc) is 3.97. The van der Waals surface area contributed by atoms with Gasteiger partial charge in [-0.1, -0.05) is 82.3 Å². The highest BCUT2D eigenvalue weighted by molar-refractivity contribution is 7.85. The van der Waals surface area contributed by atoms with E-state index in [4.69, 9.17) is 14.7 Å². The van der Waals surface area contributed by atoms with Crippen LogP contribution in [0, 0.1) is 11.8 Å². The summed E-state index contributed by atoms with van der Waals surface area (Å²) in [7, 11) is -2.30. The summed E-state index contributed by atoms with van der Waals surface area (Å²) >= 11 is 2.42. The summed E-state index contributed by atoms with van der Waals surface area (Å²) in [4.78, 5) is 33.7. The van der Waals surface area contributed by atoms with Crippen molar-refractivity contribution in [1.82, 2.24) is 19.9 Å². The molecule has 3 N–H and O–H groups in total. The number of anilines is 4. The van der Waals surface area contributed by atoms with Crippen molar-refractivity contribution in [1.29, 1.82) is 0 Å². The molecule has 0 aliphatic rings. The van der Waals surface area contributed by atoms with Crippen LogP contribution in [0.2, 0.25) is 0 Å². The van der Waals surface area contributed by atoms with Gasteiger partial charge >= 0.3 is 18.3 Å². The zero-order valence-corrected chi connectivity index (χ0v) is 43.8. The Labute approximate surface area is 440 Å². The van der Waals surface area contributed by atoms with Crippen LogP contribution in [0.1, 0.15) is 70.1 Å². The molecule has 0 fully saturated rings. The van der Waals surface area contributed by atoms with Gasteiger partial charge in [0, 0.05) is 48.0 Å². The summed E-state index contributed by atoms with van der Waals surface area (Å²) in [5.74, 6) is -1.91. The third kappa shape index (κ3) is 12.9. The Bertz CT molecular complexity index is 3440. The van der Waals surface area contributed by atoms with Crippen LogP contribution in [0.5, 0.6) is 0 Å². The zero-order valence-electron chi connectivity index (χ0n) is 40.5. The SMILES string of the molecule is COC(=O)c1cc(C(F)(F)F)cnc1Nc1nc(-c2ccc(S(=O)c3ccccc3)c(/C=C(/O)c3cc(C(F)(F)F)cnc3Nc3nc(-c4ccc(S(=O)c5ccccc5)cc4)c(CC(C)C)s3)c2)c(CC(C)C)s1. The summed E-state index contributed by atoms with van der Waals surface area (Å²) in [6.07, 6.45) is -6.20. The molecule has 21 heteroatoms. The van der Waals surface area contributed by atoms with Crippen molar-refractivity contribution in [2.24, 2.45) is 11.8 Å². The number of aromatic nitrogens is 4. The number of hydrogen-bond acceptors (Lipinski definition) is 13. The predicted molar refractivity (Wildman–Crippen MR) is 281 cm³/mol. The minimum atomic E-state index is -4.87. The number of nitrogens with one attached hydrogen (secondary N) is 2. The molecule has 8 rings (SSSR count). The number of pyridine rings is 2. The molecule has 4 aromatic heterocycles. The number of hydrogen-bond donors (Lipinski definition) is 3. The van der Waals surface area contributed by atoms with Crippen molar-refractivity contribution >= 4 is 84.0 Å². The Morgan fingerprint density at radius 3 is 1.59 bits per heavy atom. The second-order valence-electron chi connectivity index (χ2n) is 17.7. The highest BCUT2D eigenvalue weighted by Crippen LogP contribution is 2.41. The monoisotopic (exact) mass is 1100 g/mol. The second-order valence-corrected chi connectivity index (χ2v) is 22.8. The molecule has 4 aromatic carbocycles. The Kier molecular flexibility index (Phi) is 16.5. The molecule has 2 unspecified atom stereocenters. The zero-order chi connectivity index (χ0) is 53.8. The number of esters is 1. The molecule has 0 saturated heterocycles. The van der Waals surface area contributed by atoms with Crippen molar-refractivity contribution in [3.63, 3.8) is 0 Å². The van der Waals surface area contributed by atoms with Crippen LogP contribution in [0.15, 0.2) is 147 Å². The molecule has 2 atom stereocenters. The van der Waals surface area contributed by atoms with Crippen LogP contribution in [0.4, 0.5) is 48.2 Å². The molecule has 0 amide bonds. The lowest BCUT2D eigenvalue weighted by Crippen LogP contribution is -2.12. The maximum Gasteiger partial charge on any atom is 0.417 e. The van der Waals surface area contributed by atoms with Gasteiger partial charge in [-0.15, -0.1) is 22.7 Å². The lowest BCUT2D eigenvalue weighted by molar-refractivity contribution is -0.138. The number of benzene rings is 4. The quantitative estimate of drug-likeness (QED) is 0.0453. The minimum Gasteiger partial charge on any atom is -0.507 e. The molecule has 0 aliphatic heterocycles. The third-order valence-corrected chi connectivity index (χ3v) is 16.0. The second kappa shape index (κ2) is 22.8. The van der Waals surface area contributed by atoms with Crippen molar-refractivity contribution in [3.05, 3.63) is 165 Å². The number of carbonyl (C=O) groups excluding carboxylic acids is 1. The van der Waals surface area contributed by atoms with Crippen LogP contribution in [-0.2, 0) is 51.5 Å². The number of methoxy groups -OCH3 is 1. The van der Waals surface area contributed by atoms with Crippen LogP contribution in [-0.4, -0.2) is 46.5 Å². The lowest BCUT2D eigenvalue weighted by Gasteiger charge is -2.14. The van der Waals surface area contributed by atoms with Gasteiger partial charge in [-0.2, -0.15) is 26.3 Å². The van der Waals surface area contributed by atoms with Crippen molar-refractivity contribution in [2.75, 3.05) is 17.7 Å². The van der Waals surface area contributed by atoms with Crippen LogP contribution in [0.25, 0.3) is 34.3 Å². The van der Waals surface area contributed by atoms with Gasteiger partial charge in [-0.05, 0) is 97.0 Å². The normalized spacial score (nSPS) is 13.0. The van der Waals surface area contributed by atoms with Crippen LogP contribution >= 0.6 is 22.7 Å². The van der Waals surface area contributed by atoms with E-state index in [1.54, 1.807) is 72.8 Å². The molecule has 0 bridgehead atoms. The van der Waals surface area contributed by atoms with Gasteiger partial charge in [0.15, 0.2) is 10.3 Å². The highest BCUT2D eigenvalue weighted by Gasteiger charge is 2.34. The van der Waals surface area contributed by atoms with Crippen molar-refractivity contribution in [3.8, 4) is 22.5 Å². The highest BCUT2D eigenvalue weighted by atomic mass is 32.2.